The zero-order valence-electron chi connectivity index (χ0n) is 14.1. The molecule has 5 nitrogen and oxygen atoms in total. The largest absolute Gasteiger partial charge is 0.363 e. The third kappa shape index (κ3) is 3.05. The number of amides is 1. The standard InChI is InChI=1S/C20H19N3O2/c1-14-4-6-15(7-5-14)19-18(13-25-22-19)20(24)23-10-8-17(12-23)16-3-2-9-21-11-16/h2-7,9,11,13,17H,8,10,12H2,1H3. The van der Waals surface area contributed by atoms with Crippen molar-refractivity contribution in [1.29, 1.82) is 0 Å². The third-order valence-electron chi connectivity index (χ3n) is 4.76. The second-order valence-electron chi connectivity index (χ2n) is 6.47. The lowest BCUT2D eigenvalue weighted by Crippen LogP contribution is -2.28. The maximum absolute atomic E-state index is 13.0. The second-order valence-corrected chi connectivity index (χ2v) is 6.47. The molecular formula is C20H19N3O2. The van der Waals surface area contributed by atoms with E-state index in [1.54, 1.807) is 6.20 Å². The van der Waals surface area contributed by atoms with E-state index in [1.807, 2.05) is 48.4 Å². The average Bonchev–Trinajstić information content (AvgIpc) is 3.32. The van der Waals surface area contributed by atoms with E-state index in [1.165, 1.54) is 17.4 Å². The van der Waals surface area contributed by atoms with Crippen LogP contribution in [-0.4, -0.2) is 34.0 Å². The van der Waals surface area contributed by atoms with Gasteiger partial charge in [0.15, 0.2) is 0 Å². The van der Waals surface area contributed by atoms with Gasteiger partial charge in [0.2, 0.25) is 0 Å². The Morgan fingerprint density at radius 3 is 2.84 bits per heavy atom. The highest BCUT2D eigenvalue weighted by Gasteiger charge is 2.30. The van der Waals surface area contributed by atoms with Gasteiger partial charge >= 0.3 is 0 Å². The van der Waals surface area contributed by atoms with Gasteiger partial charge in [-0.1, -0.05) is 41.1 Å². The predicted molar refractivity (Wildman–Crippen MR) is 94.2 cm³/mol. The number of carbonyl (C=O) groups is 1. The molecule has 0 radical (unpaired) electrons. The van der Waals surface area contributed by atoms with Gasteiger partial charge in [0, 0.05) is 37.0 Å². The summed E-state index contributed by atoms with van der Waals surface area (Å²) < 4.78 is 5.11. The van der Waals surface area contributed by atoms with Crippen molar-refractivity contribution in [2.75, 3.05) is 13.1 Å². The number of benzene rings is 1. The van der Waals surface area contributed by atoms with E-state index in [9.17, 15) is 4.79 Å². The van der Waals surface area contributed by atoms with E-state index in [-0.39, 0.29) is 5.91 Å². The van der Waals surface area contributed by atoms with Gasteiger partial charge in [0.25, 0.3) is 5.91 Å². The first-order chi connectivity index (χ1) is 12.2. The lowest BCUT2D eigenvalue weighted by molar-refractivity contribution is 0.0790. The molecule has 3 heterocycles. The summed E-state index contributed by atoms with van der Waals surface area (Å²) in [5, 5.41) is 4.05. The number of carbonyl (C=O) groups excluding carboxylic acids is 1. The Kier molecular flexibility index (Phi) is 4.06. The van der Waals surface area contributed by atoms with Gasteiger partial charge in [-0.3, -0.25) is 9.78 Å². The van der Waals surface area contributed by atoms with Crippen LogP contribution in [0.25, 0.3) is 11.3 Å². The summed E-state index contributed by atoms with van der Waals surface area (Å²) in [4.78, 5) is 19.0. The molecule has 0 spiro atoms. The number of nitrogens with zero attached hydrogens (tertiary/aromatic N) is 3. The smallest absolute Gasteiger partial charge is 0.259 e. The first kappa shape index (κ1) is 15.6. The topological polar surface area (TPSA) is 59.2 Å². The van der Waals surface area contributed by atoms with Gasteiger partial charge < -0.3 is 9.42 Å². The van der Waals surface area contributed by atoms with E-state index in [0.717, 1.165) is 18.5 Å². The quantitative estimate of drug-likeness (QED) is 0.734. The van der Waals surface area contributed by atoms with Gasteiger partial charge in [-0.25, -0.2) is 0 Å². The summed E-state index contributed by atoms with van der Waals surface area (Å²) in [5.41, 5.74) is 4.37. The van der Waals surface area contributed by atoms with Crippen LogP contribution in [0.3, 0.4) is 0 Å². The number of likely N-dealkylation sites (tertiary alicyclic amines) is 1. The fraction of sp³-hybridized carbons (Fsp3) is 0.250. The van der Waals surface area contributed by atoms with Crippen molar-refractivity contribution in [2.24, 2.45) is 0 Å². The molecule has 5 heteroatoms. The molecule has 0 aliphatic carbocycles. The van der Waals surface area contributed by atoms with Crippen molar-refractivity contribution in [3.63, 3.8) is 0 Å². The first-order valence-corrected chi connectivity index (χ1v) is 8.43. The molecule has 126 valence electrons. The minimum Gasteiger partial charge on any atom is -0.363 e. The Bertz CT molecular complexity index is 871. The molecule has 0 saturated carbocycles. The molecule has 1 amide bonds. The van der Waals surface area contributed by atoms with Gasteiger partial charge in [0.1, 0.15) is 17.5 Å². The van der Waals surface area contributed by atoms with Crippen LogP contribution in [-0.2, 0) is 0 Å². The molecule has 1 aromatic carbocycles. The summed E-state index contributed by atoms with van der Waals surface area (Å²) in [5.74, 6) is 0.309. The van der Waals surface area contributed by atoms with Gasteiger partial charge in [0.05, 0.1) is 0 Å². The lowest BCUT2D eigenvalue weighted by Gasteiger charge is -2.16. The lowest BCUT2D eigenvalue weighted by atomic mass is 10.0. The molecule has 1 saturated heterocycles. The fourth-order valence-electron chi connectivity index (χ4n) is 3.31. The minimum atomic E-state index is -0.0248. The van der Waals surface area contributed by atoms with Crippen LogP contribution in [0.2, 0.25) is 0 Å². The Hall–Kier alpha value is -2.95. The minimum absolute atomic E-state index is 0.0248. The highest BCUT2D eigenvalue weighted by molar-refractivity contribution is 5.99. The summed E-state index contributed by atoms with van der Waals surface area (Å²) in [6.07, 6.45) is 6.06. The second kappa shape index (κ2) is 6.51. The third-order valence-corrected chi connectivity index (χ3v) is 4.76. The summed E-state index contributed by atoms with van der Waals surface area (Å²) in [6.45, 7) is 3.46. The molecule has 1 atom stereocenters. The summed E-state index contributed by atoms with van der Waals surface area (Å²) in [6, 6.07) is 12.0. The summed E-state index contributed by atoms with van der Waals surface area (Å²) in [7, 11) is 0. The van der Waals surface area contributed by atoms with Crippen molar-refractivity contribution in [2.45, 2.75) is 19.3 Å². The predicted octanol–water partition coefficient (Wildman–Crippen LogP) is 3.67. The maximum atomic E-state index is 13.0. The van der Waals surface area contributed by atoms with Crippen molar-refractivity contribution >= 4 is 5.91 Å². The molecular weight excluding hydrogens is 314 g/mol. The zero-order chi connectivity index (χ0) is 17.2. The van der Waals surface area contributed by atoms with Crippen molar-refractivity contribution in [3.8, 4) is 11.3 Å². The number of pyridine rings is 1. The van der Waals surface area contributed by atoms with Crippen LogP contribution in [0.15, 0.2) is 59.6 Å². The SMILES string of the molecule is Cc1ccc(-c2nocc2C(=O)N2CCC(c3cccnc3)C2)cc1. The number of hydrogen-bond acceptors (Lipinski definition) is 4. The molecule has 4 rings (SSSR count). The molecule has 0 bridgehead atoms. The normalized spacial score (nSPS) is 17.0. The molecule has 1 fully saturated rings. The number of aryl methyl sites for hydroxylation is 1. The van der Waals surface area contributed by atoms with E-state index in [2.05, 4.69) is 16.2 Å². The molecule has 25 heavy (non-hydrogen) atoms. The van der Waals surface area contributed by atoms with Crippen LogP contribution in [0.5, 0.6) is 0 Å². The monoisotopic (exact) mass is 333 g/mol. The van der Waals surface area contributed by atoms with Crippen LogP contribution in [0, 0.1) is 6.92 Å². The molecule has 1 unspecified atom stereocenters. The van der Waals surface area contributed by atoms with Crippen LogP contribution in [0.1, 0.15) is 33.8 Å². The van der Waals surface area contributed by atoms with Crippen LogP contribution < -0.4 is 0 Å². The Morgan fingerprint density at radius 1 is 1.24 bits per heavy atom. The molecule has 2 aromatic heterocycles. The molecule has 1 aliphatic rings. The molecule has 1 aliphatic heterocycles. The van der Waals surface area contributed by atoms with E-state index < -0.39 is 0 Å². The zero-order valence-corrected chi connectivity index (χ0v) is 14.1. The van der Waals surface area contributed by atoms with Crippen molar-refractivity contribution in [1.82, 2.24) is 15.0 Å². The highest BCUT2D eigenvalue weighted by Crippen LogP contribution is 2.30. The van der Waals surface area contributed by atoms with Crippen LogP contribution >= 0.6 is 0 Å². The van der Waals surface area contributed by atoms with E-state index >= 15 is 0 Å². The first-order valence-electron chi connectivity index (χ1n) is 8.43. The van der Waals surface area contributed by atoms with Crippen molar-refractivity contribution in [3.05, 3.63) is 71.7 Å². The van der Waals surface area contributed by atoms with Gasteiger partial charge in [-0.2, -0.15) is 0 Å². The van der Waals surface area contributed by atoms with E-state index in [0.29, 0.717) is 23.7 Å². The summed E-state index contributed by atoms with van der Waals surface area (Å²) >= 11 is 0. The number of hydrogen-bond donors (Lipinski definition) is 0. The fourth-order valence-corrected chi connectivity index (χ4v) is 3.31. The maximum Gasteiger partial charge on any atom is 0.259 e. The van der Waals surface area contributed by atoms with Crippen molar-refractivity contribution < 1.29 is 9.32 Å². The van der Waals surface area contributed by atoms with E-state index in [4.69, 9.17) is 4.52 Å². The van der Waals surface area contributed by atoms with Gasteiger partial charge in [-0.05, 0) is 25.0 Å². The van der Waals surface area contributed by atoms with Gasteiger partial charge in [-0.15, -0.1) is 0 Å². The Balaban J connectivity index is 1.55. The number of aromatic nitrogens is 2. The highest BCUT2D eigenvalue weighted by atomic mass is 16.5. The molecule has 0 N–H and O–H groups in total. The average molecular weight is 333 g/mol. The van der Waals surface area contributed by atoms with Crippen LogP contribution in [0.4, 0.5) is 0 Å². The Labute approximate surface area is 146 Å². The number of rotatable bonds is 3. The Morgan fingerprint density at radius 2 is 2.08 bits per heavy atom. The molecule has 3 aromatic rings.